The van der Waals surface area contributed by atoms with Gasteiger partial charge in [0.15, 0.2) is 6.04 Å². The highest BCUT2D eigenvalue weighted by Crippen LogP contribution is 2.18. The molecule has 0 spiro atoms. The summed E-state index contributed by atoms with van der Waals surface area (Å²) >= 11 is 0. The van der Waals surface area contributed by atoms with Gasteiger partial charge >= 0.3 is 12.0 Å². The lowest BCUT2D eigenvalue weighted by molar-refractivity contribution is -0.140. The first-order chi connectivity index (χ1) is 8.43. The Kier molecular flexibility index (Phi) is 4.90. The Morgan fingerprint density at radius 1 is 1.28 bits per heavy atom. The second-order valence-electron chi connectivity index (χ2n) is 4.20. The SMILES string of the molecule is CC(NC(=O)N[C@H](CO)C(=O)O)C(=O)NC1CC1. The maximum atomic E-state index is 11.5. The van der Waals surface area contributed by atoms with Crippen LogP contribution in [0.1, 0.15) is 19.8 Å². The van der Waals surface area contributed by atoms with Crippen LogP contribution in [-0.4, -0.2) is 52.9 Å². The fourth-order valence-corrected chi connectivity index (χ4v) is 1.20. The molecule has 0 heterocycles. The minimum atomic E-state index is -1.39. The third-order valence-corrected chi connectivity index (χ3v) is 2.45. The average molecular weight is 259 g/mol. The van der Waals surface area contributed by atoms with Crippen molar-refractivity contribution in [2.45, 2.75) is 37.9 Å². The lowest BCUT2D eigenvalue weighted by Crippen LogP contribution is -2.53. The number of hydrogen-bond acceptors (Lipinski definition) is 4. The predicted octanol–water partition coefficient (Wildman–Crippen LogP) is -1.60. The highest BCUT2D eigenvalue weighted by molar-refractivity contribution is 5.88. The van der Waals surface area contributed by atoms with Gasteiger partial charge in [-0.3, -0.25) is 4.79 Å². The Bertz CT molecular complexity index is 342. The minimum Gasteiger partial charge on any atom is -0.480 e. The molecule has 1 rings (SSSR count). The van der Waals surface area contributed by atoms with Crippen LogP contribution in [0.4, 0.5) is 4.79 Å². The number of carboxylic acids is 1. The van der Waals surface area contributed by atoms with Crippen LogP contribution in [0.2, 0.25) is 0 Å². The van der Waals surface area contributed by atoms with E-state index < -0.39 is 30.7 Å². The maximum absolute atomic E-state index is 11.5. The third-order valence-electron chi connectivity index (χ3n) is 2.45. The third kappa shape index (κ3) is 4.58. The molecule has 0 saturated heterocycles. The molecule has 8 heteroatoms. The number of carbonyl (C=O) groups is 3. The summed E-state index contributed by atoms with van der Waals surface area (Å²) in [6, 6.07) is -2.77. The Hall–Kier alpha value is -1.83. The molecule has 0 aromatic carbocycles. The van der Waals surface area contributed by atoms with Crippen molar-refractivity contribution in [1.29, 1.82) is 0 Å². The van der Waals surface area contributed by atoms with E-state index in [0.717, 1.165) is 12.8 Å². The number of amides is 3. The summed E-state index contributed by atoms with van der Waals surface area (Å²) in [7, 11) is 0. The van der Waals surface area contributed by atoms with Crippen LogP contribution in [0.3, 0.4) is 0 Å². The van der Waals surface area contributed by atoms with E-state index in [9.17, 15) is 14.4 Å². The van der Waals surface area contributed by atoms with Gasteiger partial charge in [-0.15, -0.1) is 0 Å². The van der Waals surface area contributed by atoms with Crippen LogP contribution in [0, 0.1) is 0 Å². The molecule has 0 aliphatic heterocycles. The monoisotopic (exact) mass is 259 g/mol. The van der Waals surface area contributed by atoms with E-state index in [4.69, 9.17) is 10.2 Å². The van der Waals surface area contributed by atoms with Crippen molar-refractivity contribution in [2.75, 3.05) is 6.61 Å². The summed E-state index contributed by atoms with van der Waals surface area (Å²) in [4.78, 5) is 33.4. The Balaban J connectivity index is 2.33. The number of carbonyl (C=O) groups excluding carboxylic acids is 2. The van der Waals surface area contributed by atoms with Crippen LogP contribution in [0.5, 0.6) is 0 Å². The zero-order chi connectivity index (χ0) is 13.7. The Morgan fingerprint density at radius 3 is 2.33 bits per heavy atom. The van der Waals surface area contributed by atoms with E-state index in [-0.39, 0.29) is 11.9 Å². The van der Waals surface area contributed by atoms with Crippen molar-refractivity contribution >= 4 is 17.9 Å². The fraction of sp³-hybridized carbons (Fsp3) is 0.700. The van der Waals surface area contributed by atoms with Crippen LogP contribution >= 0.6 is 0 Å². The Morgan fingerprint density at radius 2 is 1.89 bits per heavy atom. The molecular formula is C10H17N3O5. The standard InChI is InChI=1S/C10H17N3O5/c1-5(8(15)12-6-2-3-6)11-10(18)13-7(4-14)9(16)17/h5-7,14H,2-4H2,1H3,(H,12,15)(H,16,17)(H2,11,13,18)/t5?,7-/m1/s1. The zero-order valence-electron chi connectivity index (χ0n) is 9.97. The molecule has 2 atom stereocenters. The lowest BCUT2D eigenvalue weighted by Gasteiger charge is -2.16. The van der Waals surface area contributed by atoms with Gasteiger partial charge in [0.1, 0.15) is 6.04 Å². The normalized spacial score (nSPS) is 17.4. The number of carboxylic acid groups (broad SMARTS) is 1. The first-order valence-corrected chi connectivity index (χ1v) is 5.65. The fourth-order valence-electron chi connectivity index (χ4n) is 1.20. The Labute approximate surface area is 104 Å². The van der Waals surface area contributed by atoms with Crippen molar-refractivity contribution in [3.63, 3.8) is 0 Å². The number of nitrogens with one attached hydrogen (secondary N) is 3. The van der Waals surface area contributed by atoms with Gasteiger partial charge in [-0.25, -0.2) is 9.59 Å². The lowest BCUT2D eigenvalue weighted by atomic mass is 10.3. The van der Waals surface area contributed by atoms with Gasteiger partial charge in [-0.2, -0.15) is 0 Å². The molecule has 5 N–H and O–H groups in total. The molecule has 102 valence electrons. The second-order valence-corrected chi connectivity index (χ2v) is 4.20. The zero-order valence-corrected chi connectivity index (χ0v) is 9.97. The molecule has 0 aromatic rings. The van der Waals surface area contributed by atoms with Gasteiger partial charge < -0.3 is 26.2 Å². The average Bonchev–Trinajstić information content (AvgIpc) is 3.09. The molecule has 0 radical (unpaired) electrons. The summed E-state index contributed by atoms with van der Waals surface area (Å²) in [6.07, 6.45) is 1.88. The van der Waals surface area contributed by atoms with E-state index in [0.29, 0.717) is 0 Å². The topological polar surface area (TPSA) is 128 Å². The number of rotatable bonds is 6. The molecule has 1 aliphatic carbocycles. The van der Waals surface area contributed by atoms with Gasteiger partial charge in [-0.1, -0.05) is 0 Å². The van der Waals surface area contributed by atoms with E-state index in [1.54, 1.807) is 0 Å². The van der Waals surface area contributed by atoms with Crippen molar-refractivity contribution in [1.82, 2.24) is 16.0 Å². The van der Waals surface area contributed by atoms with Crippen molar-refractivity contribution in [2.24, 2.45) is 0 Å². The van der Waals surface area contributed by atoms with Crippen LogP contribution in [-0.2, 0) is 9.59 Å². The summed E-state index contributed by atoms with van der Waals surface area (Å²) < 4.78 is 0. The van der Waals surface area contributed by atoms with Crippen LogP contribution in [0.25, 0.3) is 0 Å². The first kappa shape index (κ1) is 14.2. The van der Waals surface area contributed by atoms with Gasteiger partial charge in [0.05, 0.1) is 6.61 Å². The van der Waals surface area contributed by atoms with Crippen molar-refractivity contribution in [3.8, 4) is 0 Å². The number of aliphatic carboxylic acids is 1. The van der Waals surface area contributed by atoms with Crippen molar-refractivity contribution < 1.29 is 24.6 Å². The smallest absolute Gasteiger partial charge is 0.328 e. The molecule has 3 amide bonds. The minimum absolute atomic E-state index is 0.189. The van der Waals surface area contributed by atoms with Gasteiger partial charge in [-0.05, 0) is 19.8 Å². The molecule has 18 heavy (non-hydrogen) atoms. The highest BCUT2D eigenvalue weighted by Gasteiger charge is 2.27. The molecule has 1 aliphatic rings. The molecular weight excluding hydrogens is 242 g/mol. The first-order valence-electron chi connectivity index (χ1n) is 5.65. The molecule has 8 nitrogen and oxygen atoms in total. The maximum Gasteiger partial charge on any atom is 0.328 e. The van der Waals surface area contributed by atoms with Gasteiger partial charge in [0.25, 0.3) is 0 Å². The highest BCUT2D eigenvalue weighted by atomic mass is 16.4. The number of aliphatic hydroxyl groups is 1. The largest absolute Gasteiger partial charge is 0.480 e. The molecule has 0 bridgehead atoms. The van der Waals surface area contributed by atoms with Crippen LogP contribution in [0.15, 0.2) is 0 Å². The summed E-state index contributed by atoms with van der Waals surface area (Å²) in [5.41, 5.74) is 0. The molecule has 1 unspecified atom stereocenters. The quantitative estimate of drug-likeness (QED) is 0.392. The number of aliphatic hydroxyl groups excluding tert-OH is 1. The molecule has 0 aromatic heterocycles. The summed E-state index contributed by atoms with van der Waals surface area (Å²) in [6.45, 7) is 0.775. The van der Waals surface area contributed by atoms with Gasteiger partial charge in [0, 0.05) is 6.04 Å². The summed E-state index contributed by atoms with van der Waals surface area (Å²) in [5.74, 6) is -1.66. The number of urea groups is 1. The summed E-state index contributed by atoms with van der Waals surface area (Å²) in [5, 5.41) is 24.4. The van der Waals surface area contributed by atoms with Crippen LogP contribution < -0.4 is 16.0 Å². The predicted molar refractivity (Wildman–Crippen MR) is 60.8 cm³/mol. The van der Waals surface area contributed by atoms with E-state index >= 15 is 0 Å². The van der Waals surface area contributed by atoms with E-state index in [2.05, 4.69) is 10.6 Å². The van der Waals surface area contributed by atoms with Crippen molar-refractivity contribution in [3.05, 3.63) is 0 Å². The second kappa shape index (κ2) is 6.20. The molecule has 1 saturated carbocycles. The molecule has 1 fully saturated rings. The number of hydrogen-bond donors (Lipinski definition) is 5. The van der Waals surface area contributed by atoms with E-state index in [1.165, 1.54) is 6.92 Å². The van der Waals surface area contributed by atoms with Gasteiger partial charge in [0.2, 0.25) is 5.91 Å². The van der Waals surface area contributed by atoms with E-state index in [1.807, 2.05) is 5.32 Å².